The molecule has 0 saturated heterocycles. The van der Waals surface area contributed by atoms with E-state index in [9.17, 15) is 4.79 Å². The highest BCUT2D eigenvalue weighted by atomic mass is 16.5. The van der Waals surface area contributed by atoms with E-state index in [-0.39, 0.29) is 17.9 Å². The number of hydrogen-bond acceptors (Lipinski definition) is 3. The van der Waals surface area contributed by atoms with Crippen molar-refractivity contribution in [1.82, 2.24) is 5.32 Å². The normalized spacial score (nSPS) is 11.1. The minimum atomic E-state index is -0.0853. The standard InChI is InChI=1S/C23H32N2O2/c1-23(2,3)19-10-14-21(15-11-19)27-17-22(26)24-16-6-7-18-8-12-20(13-9-18)25(4)5/h8-15H,6-7,16-17H2,1-5H3,(H,24,26). The van der Waals surface area contributed by atoms with Crippen molar-refractivity contribution in [2.75, 3.05) is 32.1 Å². The molecule has 0 aromatic heterocycles. The molecule has 146 valence electrons. The van der Waals surface area contributed by atoms with Crippen molar-refractivity contribution in [3.05, 3.63) is 59.7 Å². The van der Waals surface area contributed by atoms with Crippen LogP contribution in [0.4, 0.5) is 5.69 Å². The first-order valence-corrected chi connectivity index (χ1v) is 9.52. The van der Waals surface area contributed by atoms with Gasteiger partial charge in [-0.05, 0) is 53.6 Å². The molecule has 2 aromatic carbocycles. The molecule has 1 N–H and O–H groups in total. The van der Waals surface area contributed by atoms with Crippen LogP contribution in [-0.2, 0) is 16.6 Å². The summed E-state index contributed by atoms with van der Waals surface area (Å²) in [6, 6.07) is 16.5. The lowest BCUT2D eigenvalue weighted by atomic mass is 9.87. The Bertz CT molecular complexity index is 714. The molecule has 0 aliphatic carbocycles. The maximum Gasteiger partial charge on any atom is 0.257 e. The highest BCUT2D eigenvalue weighted by Gasteiger charge is 2.13. The van der Waals surface area contributed by atoms with E-state index in [2.05, 4.69) is 67.4 Å². The van der Waals surface area contributed by atoms with Gasteiger partial charge in [-0.1, -0.05) is 45.0 Å². The van der Waals surface area contributed by atoms with Gasteiger partial charge in [-0.2, -0.15) is 0 Å². The lowest BCUT2D eigenvalue weighted by Gasteiger charge is -2.19. The number of ether oxygens (including phenoxy) is 1. The molecular formula is C23H32N2O2. The second kappa shape index (κ2) is 9.45. The van der Waals surface area contributed by atoms with Crippen LogP contribution in [0, 0.1) is 0 Å². The van der Waals surface area contributed by atoms with Crippen LogP contribution in [0.5, 0.6) is 5.75 Å². The summed E-state index contributed by atoms with van der Waals surface area (Å²) < 4.78 is 5.57. The first-order chi connectivity index (χ1) is 12.8. The molecule has 0 aliphatic heterocycles. The minimum absolute atomic E-state index is 0.0480. The van der Waals surface area contributed by atoms with Crippen LogP contribution in [0.3, 0.4) is 0 Å². The third-order valence-corrected chi connectivity index (χ3v) is 4.51. The van der Waals surface area contributed by atoms with Crippen molar-refractivity contribution < 1.29 is 9.53 Å². The first kappa shape index (κ1) is 20.8. The molecular weight excluding hydrogens is 336 g/mol. The predicted molar refractivity (Wildman–Crippen MR) is 113 cm³/mol. The molecule has 0 atom stereocenters. The molecule has 4 heteroatoms. The second-order valence-corrected chi connectivity index (χ2v) is 8.08. The zero-order chi connectivity index (χ0) is 19.9. The Morgan fingerprint density at radius 2 is 1.63 bits per heavy atom. The highest BCUT2D eigenvalue weighted by molar-refractivity contribution is 5.77. The van der Waals surface area contributed by atoms with Gasteiger partial charge in [-0.15, -0.1) is 0 Å². The summed E-state index contributed by atoms with van der Waals surface area (Å²) in [4.78, 5) is 14.0. The molecule has 0 unspecified atom stereocenters. The minimum Gasteiger partial charge on any atom is -0.484 e. The largest absolute Gasteiger partial charge is 0.484 e. The van der Waals surface area contributed by atoms with Crippen LogP contribution in [0.25, 0.3) is 0 Å². The number of nitrogens with one attached hydrogen (secondary N) is 1. The highest BCUT2D eigenvalue weighted by Crippen LogP contribution is 2.24. The Balaban J connectivity index is 1.66. The van der Waals surface area contributed by atoms with Crippen molar-refractivity contribution in [2.45, 2.75) is 39.0 Å². The Kier molecular flexibility index (Phi) is 7.28. The number of rotatable bonds is 8. The Hall–Kier alpha value is -2.49. The van der Waals surface area contributed by atoms with Gasteiger partial charge in [0.15, 0.2) is 6.61 Å². The van der Waals surface area contributed by atoms with E-state index >= 15 is 0 Å². The van der Waals surface area contributed by atoms with Crippen LogP contribution in [-0.4, -0.2) is 33.2 Å². The molecule has 2 rings (SSSR count). The van der Waals surface area contributed by atoms with Crippen LogP contribution in [0.2, 0.25) is 0 Å². The number of amides is 1. The zero-order valence-corrected chi connectivity index (χ0v) is 17.2. The van der Waals surface area contributed by atoms with E-state index in [0.29, 0.717) is 6.54 Å². The molecule has 0 fully saturated rings. The number of aryl methyl sites for hydroxylation is 1. The molecule has 4 nitrogen and oxygen atoms in total. The summed E-state index contributed by atoms with van der Waals surface area (Å²) in [6.45, 7) is 7.22. The van der Waals surface area contributed by atoms with Gasteiger partial charge in [0.05, 0.1) is 0 Å². The summed E-state index contributed by atoms with van der Waals surface area (Å²) in [5, 5.41) is 2.92. The van der Waals surface area contributed by atoms with E-state index < -0.39 is 0 Å². The Morgan fingerprint density at radius 3 is 2.19 bits per heavy atom. The Labute approximate surface area is 163 Å². The fourth-order valence-electron chi connectivity index (χ4n) is 2.73. The second-order valence-electron chi connectivity index (χ2n) is 8.08. The SMILES string of the molecule is CN(C)c1ccc(CCCNC(=O)COc2ccc(C(C)(C)C)cc2)cc1. The predicted octanol–water partition coefficient (Wildman–Crippen LogP) is 4.18. The zero-order valence-electron chi connectivity index (χ0n) is 17.2. The molecule has 0 heterocycles. The van der Waals surface area contributed by atoms with Crippen molar-refractivity contribution in [2.24, 2.45) is 0 Å². The van der Waals surface area contributed by atoms with Gasteiger partial charge in [-0.3, -0.25) is 4.79 Å². The quantitative estimate of drug-likeness (QED) is 0.711. The van der Waals surface area contributed by atoms with E-state index in [1.54, 1.807) is 0 Å². The van der Waals surface area contributed by atoms with Crippen molar-refractivity contribution in [1.29, 1.82) is 0 Å². The molecule has 0 bridgehead atoms. The molecule has 2 aromatic rings. The van der Waals surface area contributed by atoms with Crippen molar-refractivity contribution >= 4 is 11.6 Å². The van der Waals surface area contributed by atoms with E-state index in [1.807, 2.05) is 26.2 Å². The van der Waals surface area contributed by atoms with Crippen LogP contribution < -0.4 is 15.0 Å². The van der Waals surface area contributed by atoms with Crippen LogP contribution in [0.1, 0.15) is 38.3 Å². The smallest absolute Gasteiger partial charge is 0.257 e. The van der Waals surface area contributed by atoms with Gasteiger partial charge in [0.1, 0.15) is 5.75 Å². The lowest BCUT2D eigenvalue weighted by Crippen LogP contribution is -2.29. The van der Waals surface area contributed by atoms with E-state index in [1.165, 1.54) is 16.8 Å². The van der Waals surface area contributed by atoms with Gasteiger partial charge in [-0.25, -0.2) is 0 Å². The van der Waals surface area contributed by atoms with E-state index in [0.717, 1.165) is 18.6 Å². The molecule has 0 spiro atoms. The van der Waals surface area contributed by atoms with Crippen LogP contribution >= 0.6 is 0 Å². The third-order valence-electron chi connectivity index (χ3n) is 4.51. The summed E-state index contributed by atoms with van der Waals surface area (Å²) in [5.41, 5.74) is 3.84. The van der Waals surface area contributed by atoms with Gasteiger partial charge in [0, 0.05) is 26.3 Å². The fourth-order valence-corrected chi connectivity index (χ4v) is 2.73. The van der Waals surface area contributed by atoms with E-state index in [4.69, 9.17) is 4.74 Å². The monoisotopic (exact) mass is 368 g/mol. The molecule has 1 amide bonds. The first-order valence-electron chi connectivity index (χ1n) is 9.52. The topological polar surface area (TPSA) is 41.6 Å². The number of benzene rings is 2. The maximum atomic E-state index is 11.9. The molecule has 0 radical (unpaired) electrons. The fraction of sp³-hybridized carbons (Fsp3) is 0.435. The molecule has 27 heavy (non-hydrogen) atoms. The summed E-state index contributed by atoms with van der Waals surface area (Å²) in [5.74, 6) is 0.636. The number of anilines is 1. The van der Waals surface area contributed by atoms with Crippen molar-refractivity contribution in [3.8, 4) is 5.75 Å². The number of hydrogen-bond donors (Lipinski definition) is 1. The number of carbonyl (C=O) groups excluding carboxylic acids is 1. The average Bonchev–Trinajstić information content (AvgIpc) is 2.63. The van der Waals surface area contributed by atoms with Gasteiger partial charge < -0.3 is 15.0 Å². The van der Waals surface area contributed by atoms with Crippen molar-refractivity contribution in [3.63, 3.8) is 0 Å². The van der Waals surface area contributed by atoms with Crippen LogP contribution in [0.15, 0.2) is 48.5 Å². The third kappa shape index (κ3) is 6.97. The summed E-state index contributed by atoms with van der Waals surface area (Å²) in [6.07, 6.45) is 1.86. The Morgan fingerprint density at radius 1 is 1.00 bits per heavy atom. The van der Waals surface area contributed by atoms with Gasteiger partial charge in [0.25, 0.3) is 5.91 Å². The summed E-state index contributed by atoms with van der Waals surface area (Å²) in [7, 11) is 4.07. The molecule has 0 aliphatic rings. The lowest BCUT2D eigenvalue weighted by molar-refractivity contribution is -0.123. The maximum absolute atomic E-state index is 11.9. The average molecular weight is 369 g/mol. The number of nitrogens with zero attached hydrogens (tertiary/aromatic N) is 1. The molecule has 0 saturated carbocycles. The number of carbonyl (C=O) groups is 1. The summed E-state index contributed by atoms with van der Waals surface area (Å²) >= 11 is 0. The van der Waals surface area contributed by atoms with Gasteiger partial charge in [0.2, 0.25) is 0 Å². The van der Waals surface area contributed by atoms with Gasteiger partial charge >= 0.3 is 0 Å².